The highest BCUT2D eigenvalue weighted by Crippen LogP contribution is 2.44. The summed E-state index contributed by atoms with van der Waals surface area (Å²) in [6, 6.07) is 6.16. The van der Waals surface area contributed by atoms with Crippen LogP contribution in [-0.2, 0) is 0 Å². The zero-order chi connectivity index (χ0) is 17.3. The topological polar surface area (TPSA) is 59.9 Å². The zero-order valence-electron chi connectivity index (χ0n) is 14.2. The SMILES string of the molecule is CCCCSc1nnc2c(n1)OC1(CCCC1)Nc1ccc(Br)cc1-2. The lowest BCUT2D eigenvalue weighted by atomic mass is 10.1. The quantitative estimate of drug-likeness (QED) is 0.536. The summed E-state index contributed by atoms with van der Waals surface area (Å²) in [6.07, 6.45) is 6.58. The Morgan fingerprint density at radius 2 is 2.12 bits per heavy atom. The molecule has 7 heteroatoms. The molecule has 1 saturated carbocycles. The van der Waals surface area contributed by atoms with E-state index in [1.54, 1.807) is 11.8 Å². The molecule has 25 heavy (non-hydrogen) atoms. The molecule has 1 aliphatic heterocycles. The van der Waals surface area contributed by atoms with E-state index in [-0.39, 0.29) is 5.72 Å². The van der Waals surface area contributed by atoms with E-state index in [0.29, 0.717) is 16.7 Å². The van der Waals surface area contributed by atoms with Gasteiger partial charge in [-0.1, -0.05) is 41.0 Å². The minimum absolute atomic E-state index is 0.380. The van der Waals surface area contributed by atoms with Crippen molar-refractivity contribution in [3.05, 3.63) is 22.7 Å². The van der Waals surface area contributed by atoms with E-state index in [1.807, 2.05) is 6.07 Å². The number of halogens is 1. The van der Waals surface area contributed by atoms with Crippen molar-refractivity contribution >= 4 is 33.4 Å². The maximum Gasteiger partial charge on any atom is 0.247 e. The van der Waals surface area contributed by atoms with E-state index >= 15 is 0 Å². The third kappa shape index (κ3) is 3.49. The van der Waals surface area contributed by atoms with E-state index in [4.69, 9.17) is 9.72 Å². The first-order valence-electron chi connectivity index (χ1n) is 8.84. The predicted octanol–water partition coefficient (Wildman–Crippen LogP) is 5.27. The van der Waals surface area contributed by atoms with Crippen LogP contribution < -0.4 is 10.1 Å². The summed E-state index contributed by atoms with van der Waals surface area (Å²) < 4.78 is 7.43. The van der Waals surface area contributed by atoms with Gasteiger partial charge in [0.2, 0.25) is 11.0 Å². The number of thioether (sulfide) groups is 1. The van der Waals surface area contributed by atoms with E-state index in [9.17, 15) is 0 Å². The molecule has 2 heterocycles. The van der Waals surface area contributed by atoms with Crippen molar-refractivity contribution in [2.24, 2.45) is 0 Å². The zero-order valence-corrected chi connectivity index (χ0v) is 16.6. The minimum Gasteiger partial charge on any atom is -0.449 e. The molecule has 0 bridgehead atoms. The Labute approximate surface area is 160 Å². The highest BCUT2D eigenvalue weighted by Gasteiger charge is 2.40. The smallest absolute Gasteiger partial charge is 0.247 e. The number of anilines is 1. The number of ether oxygens (including phenoxy) is 1. The molecule has 5 nitrogen and oxygen atoms in total. The van der Waals surface area contributed by atoms with Gasteiger partial charge in [0.25, 0.3) is 0 Å². The van der Waals surface area contributed by atoms with Crippen LogP contribution in [0.1, 0.15) is 45.4 Å². The van der Waals surface area contributed by atoms with Crippen LogP contribution in [0, 0.1) is 0 Å². The van der Waals surface area contributed by atoms with Gasteiger partial charge in [0.15, 0.2) is 11.4 Å². The van der Waals surface area contributed by atoms with Crippen LogP contribution in [0.2, 0.25) is 0 Å². The fourth-order valence-electron chi connectivity index (χ4n) is 3.36. The molecule has 1 spiro atoms. The Kier molecular flexibility index (Phi) is 4.86. The highest BCUT2D eigenvalue weighted by atomic mass is 79.9. The minimum atomic E-state index is -0.380. The lowest BCUT2D eigenvalue weighted by molar-refractivity contribution is 0.101. The first-order valence-corrected chi connectivity index (χ1v) is 10.6. The van der Waals surface area contributed by atoms with Crippen LogP contribution in [0.25, 0.3) is 11.3 Å². The number of nitrogens with one attached hydrogen (secondary N) is 1. The molecule has 0 atom stereocenters. The third-order valence-electron chi connectivity index (χ3n) is 4.67. The van der Waals surface area contributed by atoms with Crippen LogP contribution >= 0.6 is 27.7 Å². The normalized spacial score (nSPS) is 17.4. The summed E-state index contributed by atoms with van der Waals surface area (Å²) in [6.45, 7) is 2.18. The molecule has 0 saturated heterocycles. The summed E-state index contributed by atoms with van der Waals surface area (Å²) in [7, 11) is 0. The number of unbranched alkanes of at least 4 members (excludes halogenated alkanes) is 1. The fourth-order valence-corrected chi connectivity index (χ4v) is 4.58. The van der Waals surface area contributed by atoms with Crippen molar-refractivity contribution < 1.29 is 4.74 Å². The first kappa shape index (κ1) is 17.1. The molecule has 0 unspecified atom stereocenters. The molecule has 1 aromatic carbocycles. The van der Waals surface area contributed by atoms with Gasteiger partial charge >= 0.3 is 0 Å². The molecule has 2 aromatic rings. The van der Waals surface area contributed by atoms with Crippen LogP contribution in [0.4, 0.5) is 5.69 Å². The maximum atomic E-state index is 6.42. The fraction of sp³-hybridized carbons (Fsp3) is 0.500. The second kappa shape index (κ2) is 7.11. The van der Waals surface area contributed by atoms with Gasteiger partial charge in [0.1, 0.15) is 0 Å². The van der Waals surface area contributed by atoms with Gasteiger partial charge in [-0.3, -0.25) is 0 Å². The van der Waals surface area contributed by atoms with Crippen molar-refractivity contribution in [2.75, 3.05) is 11.1 Å². The average molecular weight is 421 g/mol. The summed E-state index contributed by atoms with van der Waals surface area (Å²) in [5.41, 5.74) is 2.35. The lowest BCUT2D eigenvalue weighted by Crippen LogP contribution is -2.41. The van der Waals surface area contributed by atoms with Gasteiger partial charge in [0, 0.05) is 34.3 Å². The number of nitrogens with zero attached hydrogens (tertiary/aromatic N) is 3. The number of hydrogen-bond donors (Lipinski definition) is 1. The summed E-state index contributed by atoms with van der Waals surface area (Å²) in [5, 5.41) is 13.1. The molecule has 0 amide bonds. The Balaban J connectivity index is 1.76. The van der Waals surface area contributed by atoms with Crippen molar-refractivity contribution in [1.29, 1.82) is 0 Å². The number of aromatic nitrogens is 3. The van der Waals surface area contributed by atoms with Gasteiger partial charge in [-0.05, 0) is 37.5 Å². The summed E-state index contributed by atoms with van der Waals surface area (Å²) >= 11 is 5.20. The van der Waals surface area contributed by atoms with Gasteiger partial charge in [-0.15, -0.1) is 10.2 Å². The molecule has 1 N–H and O–H groups in total. The van der Waals surface area contributed by atoms with Crippen LogP contribution in [-0.4, -0.2) is 26.7 Å². The Morgan fingerprint density at radius 3 is 2.92 bits per heavy atom. The van der Waals surface area contributed by atoms with Crippen molar-refractivity contribution in [3.63, 3.8) is 0 Å². The Bertz CT molecular complexity index is 780. The van der Waals surface area contributed by atoms with Crippen LogP contribution in [0.3, 0.4) is 0 Å². The standard InChI is InChI=1S/C18H21BrN4OS/c1-2-3-10-25-17-20-16-15(22-23-17)13-11-12(19)6-7-14(13)21-18(24-16)8-4-5-9-18/h6-7,11,21H,2-5,8-10H2,1H3. The predicted molar refractivity (Wildman–Crippen MR) is 104 cm³/mol. The summed E-state index contributed by atoms with van der Waals surface area (Å²) in [4.78, 5) is 4.70. The van der Waals surface area contributed by atoms with Crippen molar-refractivity contribution in [1.82, 2.24) is 15.2 Å². The molecule has 2 aliphatic rings. The second-order valence-corrected chi connectivity index (χ2v) is 8.55. The van der Waals surface area contributed by atoms with E-state index in [0.717, 1.165) is 60.0 Å². The van der Waals surface area contributed by atoms with Gasteiger partial charge in [-0.25, -0.2) is 0 Å². The van der Waals surface area contributed by atoms with Crippen LogP contribution in [0.5, 0.6) is 5.88 Å². The molecule has 1 fully saturated rings. The molecule has 132 valence electrons. The maximum absolute atomic E-state index is 6.42. The van der Waals surface area contributed by atoms with Crippen LogP contribution in [0.15, 0.2) is 27.8 Å². The van der Waals surface area contributed by atoms with E-state index in [1.165, 1.54) is 0 Å². The number of rotatable bonds is 4. The molecular formula is C18H21BrN4OS. The number of benzene rings is 1. The van der Waals surface area contributed by atoms with Crippen molar-refractivity contribution in [3.8, 4) is 17.1 Å². The largest absolute Gasteiger partial charge is 0.449 e. The van der Waals surface area contributed by atoms with E-state index < -0.39 is 0 Å². The third-order valence-corrected chi connectivity index (χ3v) is 6.08. The molecule has 0 radical (unpaired) electrons. The first-order chi connectivity index (χ1) is 12.2. The lowest BCUT2D eigenvalue weighted by Gasteiger charge is -2.30. The van der Waals surface area contributed by atoms with Gasteiger partial charge in [0.05, 0.1) is 0 Å². The van der Waals surface area contributed by atoms with Gasteiger partial charge < -0.3 is 10.1 Å². The van der Waals surface area contributed by atoms with E-state index in [2.05, 4.69) is 50.5 Å². The molecular weight excluding hydrogens is 400 g/mol. The van der Waals surface area contributed by atoms with Crippen molar-refractivity contribution in [2.45, 2.75) is 56.3 Å². The summed E-state index contributed by atoms with van der Waals surface area (Å²) in [5.74, 6) is 1.60. The van der Waals surface area contributed by atoms with Gasteiger partial charge in [-0.2, -0.15) is 4.98 Å². The Morgan fingerprint density at radius 1 is 1.28 bits per heavy atom. The number of fused-ring (bicyclic) bond motifs is 3. The number of hydrogen-bond acceptors (Lipinski definition) is 6. The molecule has 1 aliphatic carbocycles. The average Bonchev–Trinajstić information content (AvgIpc) is 3.00. The monoisotopic (exact) mass is 420 g/mol. The molecule has 1 aromatic heterocycles. The Hall–Kier alpha value is -1.34. The highest BCUT2D eigenvalue weighted by molar-refractivity contribution is 9.10. The second-order valence-electron chi connectivity index (χ2n) is 6.57. The molecule has 4 rings (SSSR count).